The molecule has 1 unspecified atom stereocenters. The number of hydrogen-bond donors (Lipinski definition) is 2. The Bertz CT molecular complexity index is 579. The average Bonchev–Trinajstić information content (AvgIpc) is 2.41. The molecule has 3 N–H and O–H groups in total. The van der Waals surface area contributed by atoms with Crippen molar-refractivity contribution in [1.29, 1.82) is 0 Å². The standard InChI is InChI=1S/C16H18N2S/c1-11-8-9-15(14(10-11)16(17)19)18-12(2)13-6-4-3-5-7-13/h3-10,12,18H,1-2H3,(H2,17,19). The molecule has 0 aliphatic carbocycles. The summed E-state index contributed by atoms with van der Waals surface area (Å²) in [4.78, 5) is 0.423. The van der Waals surface area contributed by atoms with E-state index in [1.807, 2.05) is 37.3 Å². The maximum Gasteiger partial charge on any atom is 0.106 e. The highest BCUT2D eigenvalue weighted by Gasteiger charge is 2.09. The first-order chi connectivity index (χ1) is 9.08. The number of nitrogens with two attached hydrogens (primary N) is 1. The highest BCUT2D eigenvalue weighted by atomic mass is 32.1. The van der Waals surface area contributed by atoms with Gasteiger partial charge < -0.3 is 11.1 Å². The van der Waals surface area contributed by atoms with E-state index < -0.39 is 0 Å². The Kier molecular flexibility index (Phi) is 4.17. The van der Waals surface area contributed by atoms with Gasteiger partial charge >= 0.3 is 0 Å². The van der Waals surface area contributed by atoms with Gasteiger partial charge in [0.2, 0.25) is 0 Å². The van der Waals surface area contributed by atoms with Crippen LogP contribution in [-0.4, -0.2) is 4.99 Å². The summed E-state index contributed by atoms with van der Waals surface area (Å²) in [6.07, 6.45) is 0. The van der Waals surface area contributed by atoms with Gasteiger partial charge in [0.1, 0.15) is 4.99 Å². The van der Waals surface area contributed by atoms with Gasteiger partial charge in [-0.2, -0.15) is 0 Å². The Labute approximate surface area is 119 Å². The van der Waals surface area contributed by atoms with Crippen molar-refractivity contribution in [2.24, 2.45) is 5.73 Å². The molecule has 0 heterocycles. The molecule has 0 aliphatic rings. The average molecular weight is 270 g/mol. The van der Waals surface area contributed by atoms with Gasteiger partial charge in [-0.05, 0) is 31.5 Å². The largest absolute Gasteiger partial charge is 0.389 e. The Balaban J connectivity index is 2.26. The van der Waals surface area contributed by atoms with Crippen molar-refractivity contribution in [1.82, 2.24) is 0 Å². The van der Waals surface area contributed by atoms with Crippen LogP contribution in [0.25, 0.3) is 0 Å². The predicted octanol–water partition coefficient (Wildman–Crippen LogP) is 3.80. The molecule has 19 heavy (non-hydrogen) atoms. The minimum Gasteiger partial charge on any atom is -0.389 e. The summed E-state index contributed by atoms with van der Waals surface area (Å²) in [7, 11) is 0. The van der Waals surface area contributed by atoms with Gasteiger partial charge in [0.15, 0.2) is 0 Å². The van der Waals surface area contributed by atoms with Crippen molar-refractivity contribution >= 4 is 22.9 Å². The van der Waals surface area contributed by atoms with Gasteiger partial charge in [-0.15, -0.1) is 0 Å². The van der Waals surface area contributed by atoms with Crippen LogP contribution in [0.15, 0.2) is 48.5 Å². The predicted molar refractivity (Wildman–Crippen MR) is 85.5 cm³/mol. The molecule has 3 heteroatoms. The minimum atomic E-state index is 0.206. The van der Waals surface area contributed by atoms with E-state index >= 15 is 0 Å². The SMILES string of the molecule is Cc1ccc(NC(C)c2ccccc2)c(C(N)=S)c1. The molecule has 0 amide bonds. The van der Waals surface area contributed by atoms with E-state index in [9.17, 15) is 0 Å². The summed E-state index contributed by atoms with van der Waals surface area (Å²) < 4.78 is 0. The number of benzene rings is 2. The van der Waals surface area contributed by atoms with E-state index in [1.165, 1.54) is 5.56 Å². The highest BCUT2D eigenvalue weighted by molar-refractivity contribution is 7.80. The number of anilines is 1. The van der Waals surface area contributed by atoms with Gasteiger partial charge in [-0.25, -0.2) is 0 Å². The number of nitrogens with one attached hydrogen (secondary N) is 1. The summed E-state index contributed by atoms with van der Waals surface area (Å²) >= 11 is 5.12. The van der Waals surface area contributed by atoms with Crippen LogP contribution in [0.3, 0.4) is 0 Å². The van der Waals surface area contributed by atoms with Crippen LogP contribution in [0.5, 0.6) is 0 Å². The zero-order valence-electron chi connectivity index (χ0n) is 11.2. The van der Waals surface area contributed by atoms with Crippen molar-refractivity contribution in [3.8, 4) is 0 Å². The van der Waals surface area contributed by atoms with Crippen molar-refractivity contribution in [2.45, 2.75) is 19.9 Å². The van der Waals surface area contributed by atoms with Crippen LogP contribution in [0, 0.1) is 6.92 Å². The molecule has 2 aromatic rings. The number of hydrogen-bond acceptors (Lipinski definition) is 2. The number of thiocarbonyl (C=S) groups is 1. The minimum absolute atomic E-state index is 0.206. The first-order valence-corrected chi connectivity index (χ1v) is 6.70. The van der Waals surface area contributed by atoms with Gasteiger partial charge in [0.25, 0.3) is 0 Å². The van der Waals surface area contributed by atoms with E-state index in [0.717, 1.165) is 16.8 Å². The van der Waals surface area contributed by atoms with Crippen molar-refractivity contribution in [3.05, 3.63) is 65.2 Å². The number of rotatable bonds is 4. The molecule has 1 atom stereocenters. The summed E-state index contributed by atoms with van der Waals surface area (Å²) in [5, 5.41) is 3.47. The van der Waals surface area contributed by atoms with Gasteiger partial charge in [0, 0.05) is 17.3 Å². The lowest BCUT2D eigenvalue weighted by Crippen LogP contribution is -2.15. The zero-order chi connectivity index (χ0) is 13.8. The van der Waals surface area contributed by atoms with Crippen LogP contribution in [0.4, 0.5) is 5.69 Å². The summed E-state index contributed by atoms with van der Waals surface area (Å²) in [5.41, 5.74) is 10.1. The lowest BCUT2D eigenvalue weighted by atomic mass is 10.1. The first-order valence-electron chi connectivity index (χ1n) is 6.30. The number of aryl methyl sites for hydroxylation is 1. The molecule has 0 saturated heterocycles. The van der Waals surface area contributed by atoms with Gasteiger partial charge in [0.05, 0.1) is 0 Å². The third kappa shape index (κ3) is 3.32. The first kappa shape index (κ1) is 13.6. The fourth-order valence-electron chi connectivity index (χ4n) is 2.05. The van der Waals surface area contributed by atoms with E-state index in [2.05, 4.69) is 30.4 Å². The van der Waals surface area contributed by atoms with Crippen LogP contribution in [-0.2, 0) is 0 Å². The van der Waals surface area contributed by atoms with Crippen LogP contribution < -0.4 is 11.1 Å². The quantitative estimate of drug-likeness (QED) is 0.830. The Hall–Kier alpha value is -1.87. The van der Waals surface area contributed by atoms with Crippen LogP contribution in [0.2, 0.25) is 0 Å². The lowest BCUT2D eigenvalue weighted by molar-refractivity contribution is 0.884. The molecule has 0 aromatic heterocycles. The maximum absolute atomic E-state index is 5.79. The fraction of sp³-hybridized carbons (Fsp3) is 0.188. The molecule has 0 saturated carbocycles. The summed E-state index contributed by atoms with van der Waals surface area (Å²) in [6.45, 7) is 4.16. The topological polar surface area (TPSA) is 38.0 Å². The zero-order valence-corrected chi connectivity index (χ0v) is 12.0. The molecule has 0 radical (unpaired) electrons. The molecular weight excluding hydrogens is 252 g/mol. The fourth-order valence-corrected chi connectivity index (χ4v) is 2.21. The Morgan fingerprint density at radius 1 is 1.16 bits per heavy atom. The summed E-state index contributed by atoms with van der Waals surface area (Å²) in [6, 6.07) is 16.6. The van der Waals surface area contributed by atoms with E-state index in [0.29, 0.717) is 4.99 Å². The normalized spacial score (nSPS) is 11.9. The second-order valence-electron chi connectivity index (χ2n) is 4.69. The Morgan fingerprint density at radius 2 is 1.84 bits per heavy atom. The van der Waals surface area contributed by atoms with E-state index in [-0.39, 0.29) is 6.04 Å². The highest BCUT2D eigenvalue weighted by Crippen LogP contribution is 2.23. The Morgan fingerprint density at radius 3 is 2.47 bits per heavy atom. The monoisotopic (exact) mass is 270 g/mol. The molecule has 0 bridgehead atoms. The van der Waals surface area contributed by atoms with Crippen LogP contribution >= 0.6 is 12.2 Å². The molecule has 0 aliphatic heterocycles. The third-order valence-electron chi connectivity index (χ3n) is 3.11. The van der Waals surface area contributed by atoms with Crippen molar-refractivity contribution in [2.75, 3.05) is 5.32 Å². The smallest absolute Gasteiger partial charge is 0.106 e. The summed E-state index contributed by atoms with van der Waals surface area (Å²) in [5.74, 6) is 0. The maximum atomic E-state index is 5.79. The second kappa shape index (κ2) is 5.85. The molecule has 0 fully saturated rings. The molecule has 0 spiro atoms. The van der Waals surface area contributed by atoms with E-state index in [1.54, 1.807) is 0 Å². The molecule has 2 nitrogen and oxygen atoms in total. The molecule has 2 aromatic carbocycles. The van der Waals surface area contributed by atoms with Gasteiger partial charge in [-0.3, -0.25) is 0 Å². The van der Waals surface area contributed by atoms with Crippen LogP contribution in [0.1, 0.15) is 29.7 Å². The molecular formula is C16H18N2S. The third-order valence-corrected chi connectivity index (χ3v) is 3.33. The van der Waals surface area contributed by atoms with E-state index in [4.69, 9.17) is 18.0 Å². The second-order valence-corrected chi connectivity index (χ2v) is 5.13. The van der Waals surface area contributed by atoms with Gasteiger partial charge in [-0.1, -0.05) is 54.2 Å². The molecule has 98 valence electrons. The lowest BCUT2D eigenvalue weighted by Gasteiger charge is -2.18. The molecule has 2 rings (SSSR count). The van der Waals surface area contributed by atoms with Crippen molar-refractivity contribution < 1.29 is 0 Å². The van der Waals surface area contributed by atoms with Crippen molar-refractivity contribution in [3.63, 3.8) is 0 Å².